The fraction of sp³-hybridized carbons (Fsp3) is 0.620. The van der Waals surface area contributed by atoms with Gasteiger partial charge < -0.3 is 39.9 Å². The van der Waals surface area contributed by atoms with Gasteiger partial charge in [0.1, 0.15) is 30.7 Å². The maximum Gasteiger partial charge on any atom is 0.481 e. The molecule has 1 saturated heterocycles. The average molecular weight is 1040 g/mol. The smallest absolute Gasteiger partial charge is 0.462 e. The standard InChI is InChI=1S/C50H79N3O16P2/c1-3-5-7-8-9-10-11-12-13-14-17-21-24-27-31-35-46(56)67-42(38-64-45(55)34-30-26-23-20-18-15-16-19-22-25-29-33-41(54)32-28-6-4-2)39-65-70(60,61)69-71(62,63)66-40-43-47(57)48(58)49(68-43)53-37-36-44(51)52-50(53)59/h9-10,12-13,15-16,20,22-23,25,29,33,36-37,42-43,47-49,57-58H,3-8,11,14,17-19,21,24,26-28,30-32,34-35,38-40H2,1-2H3,(H,60,61)(H,62,63)(H2,51,52,59)/b10-9-,13-12-,16-15-,23-20-,25-22-,33-29+/t42-,43-,47-,48-,49-/m1/s1. The molecule has 21 heteroatoms. The summed E-state index contributed by atoms with van der Waals surface area (Å²) in [5, 5.41) is 20.9. The first-order valence-electron chi connectivity index (χ1n) is 24.9. The molecule has 0 saturated carbocycles. The number of nitrogens with zero attached hydrogens (tertiary/aromatic N) is 2. The van der Waals surface area contributed by atoms with E-state index in [0.29, 0.717) is 32.1 Å². The topological polar surface area (TPSA) is 283 Å². The van der Waals surface area contributed by atoms with Gasteiger partial charge in [0.05, 0.1) is 13.2 Å². The minimum Gasteiger partial charge on any atom is -0.462 e. The Labute approximate surface area is 419 Å². The zero-order valence-electron chi connectivity index (χ0n) is 41.5. The van der Waals surface area contributed by atoms with Crippen LogP contribution in [0, 0.1) is 0 Å². The van der Waals surface area contributed by atoms with E-state index in [1.807, 2.05) is 36.5 Å². The summed E-state index contributed by atoms with van der Waals surface area (Å²) < 4.78 is 56.6. The molecule has 2 unspecified atom stereocenters. The number of nitrogens with two attached hydrogens (primary N) is 1. The third-order valence-corrected chi connectivity index (χ3v) is 13.3. The Morgan fingerprint density at radius 1 is 0.718 bits per heavy atom. The largest absolute Gasteiger partial charge is 0.481 e. The van der Waals surface area contributed by atoms with Gasteiger partial charge in [-0.25, -0.2) is 13.9 Å². The molecule has 0 spiro atoms. The number of allylic oxidation sites excluding steroid dienone is 12. The van der Waals surface area contributed by atoms with Crippen LogP contribution in [0.15, 0.2) is 90.0 Å². The van der Waals surface area contributed by atoms with Crippen LogP contribution < -0.4 is 11.4 Å². The summed E-state index contributed by atoms with van der Waals surface area (Å²) >= 11 is 0. The highest BCUT2D eigenvalue weighted by atomic mass is 31.3. The van der Waals surface area contributed by atoms with Crippen molar-refractivity contribution in [2.75, 3.05) is 25.6 Å². The number of phosphoric ester groups is 2. The minimum absolute atomic E-state index is 0.00696. The van der Waals surface area contributed by atoms with Gasteiger partial charge in [0.2, 0.25) is 0 Å². The van der Waals surface area contributed by atoms with Gasteiger partial charge in [-0.2, -0.15) is 9.29 Å². The van der Waals surface area contributed by atoms with Crippen molar-refractivity contribution in [3.05, 3.63) is 95.7 Å². The van der Waals surface area contributed by atoms with E-state index >= 15 is 0 Å². The summed E-state index contributed by atoms with van der Waals surface area (Å²) in [5.74, 6) is -1.30. The molecule has 1 aromatic rings. The lowest BCUT2D eigenvalue weighted by Gasteiger charge is -2.21. The van der Waals surface area contributed by atoms with E-state index in [2.05, 4.69) is 47.4 Å². The van der Waals surface area contributed by atoms with E-state index in [1.165, 1.54) is 25.3 Å². The molecule has 0 aromatic carbocycles. The molecule has 0 aliphatic carbocycles. The number of anilines is 1. The number of rotatable bonds is 40. The summed E-state index contributed by atoms with van der Waals surface area (Å²) in [6, 6.07) is 1.24. The lowest BCUT2D eigenvalue weighted by Crippen LogP contribution is -2.36. The first-order valence-corrected chi connectivity index (χ1v) is 27.9. The number of unbranched alkanes of at least 4 members (excludes halogenated alkanes) is 11. The molecule has 0 amide bonds. The van der Waals surface area contributed by atoms with Crippen LogP contribution in [0.2, 0.25) is 0 Å². The van der Waals surface area contributed by atoms with Crippen molar-refractivity contribution in [2.45, 2.75) is 179 Å². The number of aliphatic hydroxyl groups is 2. The summed E-state index contributed by atoms with van der Waals surface area (Å²) in [7, 11) is -10.9. The summed E-state index contributed by atoms with van der Waals surface area (Å²) in [6.07, 6.45) is 34.0. The molecular weight excluding hydrogens is 961 g/mol. The Morgan fingerprint density at radius 2 is 1.28 bits per heavy atom. The van der Waals surface area contributed by atoms with E-state index in [4.69, 9.17) is 29.0 Å². The molecule has 71 heavy (non-hydrogen) atoms. The van der Waals surface area contributed by atoms with Gasteiger partial charge >= 0.3 is 33.3 Å². The van der Waals surface area contributed by atoms with Crippen LogP contribution in [-0.4, -0.2) is 91.5 Å². The second kappa shape index (κ2) is 37.6. The van der Waals surface area contributed by atoms with Crippen molar-refractivity contribution in [1.29, 1.82) is 0 Å². The van der Waals surface area contributed by atoms with Gasteiger partial charge in [-0.05, 0) is 82.8 Å². The van der Waals surface area contributed by atoms with Gasteiger partial charge in [0.25, 0.3) is 0 Å². The van der Waals surface area contributed by atoms with Crippen LogP contribution in [0.5, 0.6) is 0 Å². The number of hydrogen-bond acceptors (Lipinski definition) is 16. The second-order valence-corrected chi connectivity index (χ2v) is 20.0. The normalized spacial score (nSPS) is 19.7. The van der Waals surface area contributed by atoms with Crippen LogP contribution in [0.25, 0.3) is 0 Å². The van der Waals surface area contributed by atoms with Crippen LogP contribution >= 0.6 is 15.6 Å². The Hall–Kier alpha value is -4.13. The molecular formula is C50H79N3O16P2. The van der Waals surface area contributed by atoms with Crippen LogP contribution in [0.1, 0.15) is 155 Å². The van der Waals surface area contributed by atoms with Crippen molar-refractivity contribution in [1.82, 2.24) is 9.55 Å². The van der Waals surface area contributed by atoms with E-state index in [9.17, 15) is 48.3 Å². The zero-order valence-corrected chi connectivity index (χ0v) is 43.3. The molecule has 1 aromatic heterocycles. The highest BCUT2D eigenvalue weighted by molar-refractivity contribution is 7.61. The molecule has 7 atom stereocenters. The number of aliphatic hydroxyl groups excluding tert-OH is 2. The Bertz CT molecular complexity index is 2040. The van der Waals surface area contributed by atoms with Crippen molar-refractivity contribution in [3.63, 3.8) is 0 Å². The number of carbonyl (C=O) groups excluding carboxylic acids is 3. The summed E-state index contributed by atoms with van der Waals surface area (Å²) in [6.45, 7) is 1.88. The van der Waals surface area contributed by atoms with Gasteiger partial charge in [-0.15, -0.1) is 0 Å². The highest BCUT2D eigenvalue weighted by Crippen LogP contribution is 2.60. The first-order chi connectivity index (χ1) is 34.1. The van der Waals surface area contributed by atoms with E-state index < -0.39 is 83.7 Å². The number of ketones is 1. The minimum atomic E-state index is -5.45. The molecule has 6 N–H and O–H groups in total. The number of esters is 2. The number of nitrogen functional groups attached to an aromatic ring is 1. The Kier molecular flexibility index (Phi) is 33.3. The van der Waals surface area contributed by atoms with Crippen molar-refractivity contribution < 1.29 is 71.1 Å². The quantitative estimate of drug-likeness (QED) is 0.0102. The Morgan fingerprint density at radius 3 is 1.96 bits per heavy atom. The SMILES string of the molecule is CCCCC/C=C\C/C=C\CCCCCCCC(=O)O[C@H](COC(=O)CCC/C=C\C/C=C\C/C=C\C=C\C(=O)CCCCC)COP(=O)(O)OP(=O)(O)OC[C@H]1O[C@@H](n2ccc(N)nc2=O)[C@H](O)[C@@H]1O. The molecule has 1 aliphatic heterocycles. The molecule has 400 valence electrons. The lowest BCUT2D eigenvalue weighted by atomic mass is 10.1. The second-order valence-electron chi connectivity index (χ2n) is 17.0. The maximum absolute atomic E-state index is 12.8. The number of ether oxygens (including phenoxy) is 3. The van der Waals surface area contributed by atoms with E-state index in [0.717, 1.165) is 81.4 Å². The fourth-order valence-electron chi connectivity index (χ4n) is 6.82. The first kappa shape index (κ1) is 63.0. The van der Waals surface area contributed by atoms with E-state index in [-0.39, 0.29) is 24.4 Å². The lowest BCUT2D eigenvalue weighted by molar-refractivity contribution is -0.161. The van der Waals surface area contributed by atoms with Gasteiger partial charge in [0.15, 0.2) is 18.1 Å². The molecule has 2 heterocycles. The van der Waals surface area contributed by atoms with Gasteiger partial charge in [-0.1, -0.05) is 126 Å². The van der Waals surface area contributed by atoms with Crippen LogP contribution in [0.4, 0.5) is 5.82 Å². The Balaban J connectivity index is 1.85. The predicted octanol–water partition coefficient (Wildman–Crippen LogP) is 9.29. The van der Waals surface area contributed by atoms with E-state index in [1.54, 1.807) is 12.2 Å². The third-order valence-electron chi connectivity index (χ3n) is 10.7. The monoisotopic (exact) mass is 1040 g/mol. The number of hydrogen-bond donors (Lipinski definition) is 5. The summed E-state index contributed by atoms with van der Waals surface area (Å²) in [5.41, 5.74) is 4.57. The van der Waals surface area contributed by atoms with Crippen LogP contribution in [0.3, 0.4) is 0 Å². The van der Waals surface area contributed by atoms with Crippen molar-refractivity contribution in [2.24, 2.45) is 0 Å². The molecule has 0 bridgehead atoms. The number of aromatic nitrogens is 2. The molecule has 1 fully saturated rings. The maximum atomic E-state index is 12.8. The van der Waals surface area contributed by atoms with Crippen molar-refractivity contribution >= 4 is 39.2 Å². The van der Waals surface area contributed by atoms with Crippen LogP contribution in [-0.2, 0) is 51.1 Å². The third kappa shape index (κ3) is 30.5. The molecule has 1 aliphatic rings. The summed E-state index contributed by atoms with van der Waals surface area (Å²) in [4.78, 5) is 73.6. The number of carbonyl (C=O) groups is 3. The molecule has 19 nitrogen and oxygen atoms in total. The number of phosphoric acid groups is 2. The van der Waals surface area contributed by atoms with Gasteiger partial charge in [-0.3, -0.25) is 28.0 Å². The molecule has 0 radical (unpaired) electrons. The molecule has 2 rings (SSSR count). The fourth-order valence-corrected chi connectivity index (χ4v) is 8.93. The van der Waals surface area contributed by atoms with Crippen molar-refractivity contribution in [3.8, 4) is 0 Å². The predicted molar refractivity (Wildman–Crippen MR) is 270 cm³/mol. The van der Waals surface area contributed by atoms with Gasteiger partial charge in [0, 0.05) is 25.5 Å². The average Bonchev–Trinajstić information content (AvgIpc) is 3.60. The zero-order chi connectivity index (χ0) is 52.2. The highest BCUT2D eigenvalue weighted by Gasteiger charge is 2.46.